The molecule has 168 valence electrons. The Labute approximate surface area is 193 Å². The van der Waals surface area contributed by atoms with Crippen molar-refractivity contribution in [2.75, 3.05) is 26.2 Å². The maximum absolute atomic E-state index is 13.4. The van der Waals surface area contributed by atoms with E-state index in [0.29, 0.717) is 18.0 Å². The van der Waals surface area contributed by atoms with Crippen molar-refractivity contribution in [3.8, 4) is 0 Å². The van der Waals surface area contributed by atoms with Crippen LogP contribution in [-0.2, 0) is 4.79 Å². The molecule has 1 aromatic carbocycles. The number of likely N-dealkylation sites (tertiary alicyclic amines) is 2. The van der Waals surface area contributed by atoms with Crippen molar-refractivity contribution in [1.82, 2.24) is 9.80 Å². The minimum absolute atomic E-state index is 0.0250. The van der Waals surface area contributed by atoms with Crippen molar-refractivity contribution in [3.63, 3.8) is 0 Å². The molecule has 1 aromatic rings. The smallest absolute Gasteiger partial charge is 0.258 e. The molecular formula is C29H36N2O. The molecule has 0 unspecified atom stereocenters. The minimum atomic E-state index is 0.0250. The van der Waals surface area contributed by atoms with E-state index < -0.39 is 0 Å². The lowest BCUT2D eigenvalue weighted by Gasteiger charge is -2.32. The van der Waals surface area contributed by atoms with Gasteiger partial charge in [-0.1, -0.05) is 67.8 Å². The Balaban J connectivity index is 1.64. The zero-order valence-electron chi connectivity index (χ0n) is 19.6. The molecule has 0 atom stereocenters. The minimum Gasteiger partial charge on any atom is -0.308 e. The van der Waals surface area contributed by atoms with Crippen molar-refractivity contribution in [1.29, 1.82) is 0 Å². The van der Waals surface area contributed by atoms with Crippen LogP contribution in [0.4, 0.5) is 0 Å². The molecule has 0 aliphatic carbocycles. The average molecular weight is 429 g/mol. The third-order valence-corrected chi connectivity index (χ3v) is 6.33. The number of hydrogen-bond donors (Lipinski definition) is 0. The first-order valence-corrected chi connectivity index (χ1v) is 11.7. The Morgan fingerprint density at radius 1 is 1.12 bits per heavy atom. The monoisotopic (exact) mass is 428 g/mol. The van der Waals surface area contributed by atoms with E-state index in [-0.39, 0.29) is 5.91 Å². The fourth-order valence-electron chi connectivity index (χ4n) is 4.68. The number of nitrogens with zero attached hydrogens (tertiary/aromatic N) is 2. The summed E-state index contributed by atoms with van der Waals surface area (Å²) in [6.45, 7) is 15.7. The number of allylic oxidation sites excluding steroid dienone is 5. The highest BCUT2D eigenvalue weighted by Gasteiger charge is 2.28. The predicted octanol–water partition coefficient (Wildman–Crippen LogP) is 6.17. The van der Waals surface area contributed by atoms with Crippen molar-refractivity contribution in [2.24, 2.45) is 0 Å². The lowest BCUT2D eigenvalue weighted by molar-refractivity contribution is -0.124. The molecule has 3 heteroatoms. The van der Waals surface area contributed by atoms with Crippen molar-refractivity contribution in [3.05, 3.63) is 108 Å². The Morgan fingerprint density at radius 3 is 2.47 bits per heavy atom. The summed E-state index contributed by atoms with van der Waals surface area (Å²) >= 11 is 0. The van der Waals surface area contributed by atoms with E-state index >= 15 is 0 Å². The summed E-state index contributed by atoms with van der Waals surface area (Å²) in [7, 11) is 0. The Kier molecular flexibility index (Phi) is 8.64. The number of piperidine rings is 1. The summed E-state index contributed by atoms with van der Waals surface area (Å²) in [6, 6.07) is 10.8. The van der Waals surface area contributed by atoms with Gasteiger partial charge in [-0.15, -0.1) is 0 Å². The van der Waals surface area contributed by atoms with Gasteiger partial charge in [0.05, 0.1) is 0 Å². The number of carbonyl (C=O) groups excluding carboxylic acids is 1. The number of amides is 1. The summed E-state index contributed by atoms with van der Waals surface area (Å²) in [5.74, 6) is 0.666. The van der Waals surface area contributed by atoms with Crippen LogP contribution in [0.3, 0.4) is 0 Å². The van der Waals surface area contributed by atoms with E-state index in [1.54, 1.807) is 6.08 Å². The number of hydrogen-bond acceptors (Lipinski definition) is 2. The van der Waals surface area contributed by atoms with Gasteiger partial charge in [-0.3, -0.25) is 9.69 Å². The number of rotatable bonds is 7. The largest absolute Gasteiger partial charge is 0.308 e. The quantitative estimate of drug-likeness (QED) is 0.383. The van der Waals surface area contributed by atoms with Gasteiger partial charge in [0.1, 0.15) is 0 Å². The fraction of sp³-hybridized carbons (Fsp3) is 0.345. The second kappa shape index (κ2) is 11.6. The van der Waals surface area contributed by atoms with Crippen LogP contribution < -0.4 is 0 Å². The molecule has 2 fully saturated rings. The third kappa shape index (κ3) is 5.86. The van der Waals surface area contributed by atoms with Gasteiger partial charge in [0.25, 0.3) is 5.91 Å². The zero-order chi connectivity index (χ0) is 22.9. The number of carbonyl (C=O) groups is 1. The topological polar surface area (TPSA) is 23.6 Å². The van der Waals surface area contributed by atoms with Crippen molar-refractivity contribution >= 4 is 5.91 Å². The molecule has 2 aliphatic rings. The van der Waals surface area contributed by atoms with Gasteiger partial charge in [-0.2, -0.15) is 0 Å². The van der Waals surface area contributed by atoms with Crippen molar-refractivity contribution < 1.29 is 4.79 Å². The summed E-state index contributed by atoms with van der Waals surface area (Å²) in [5, 5.41) is 0. The maximum Gasteiger partial charge on any atom is 0.258 e. The standard InChI is InChI=1S/C29H36N2O/c1-5-11-27(29(32)31-20-17-24(7-3)28(31)12-6-2)21-23(4)22-30-18-15-26(16-19-30)25-13-9-8-10-14-25/h5-14,21,26H,2,4,15-20,22H2,1,3H3/b11-5-,24-7-,27-21+,28-12+. The molecule has 1 amide bonds. The summed E-state index contributed by atoms with van der Waals surface area (Å²) in [4.78, 5) is 17.7. The van der Waals surface area contributed by atoms with Crippen LogP contribution >= 0.6 is 0 Å². The van der Waals surface area contributed by atoms with Gasteiger partial charge in [-0.05, 0) is 81.0 Å². The van der Waals surface area contributed by atoms with Gasteiger partial charge in [0, 0.05) is 24.4 Å². The van der Waals surface area contributed by atoms with Crippen LogP contribution in [0.15, 0.2) is 102 Å². The highest BCUT2D eigenvalue weighted by molar-refractivity contribution is 5.98. The van der Waals surface area contributed by atoms with E-state index in [2.05, 4.69) is 54.5 Å². The molecule has 0 radical (unpaired) electrons. The predicted molar refractivity (Wildman–Crippen MR) is 135 cm³/mol. The zero-order valence-corrected chi connectivity index (χ0v) is 19.6. The Hall–Kier alpha value is -2.91. The van der Waals surface area contributed by atoms with Gasteiger partial charge in [0.15, 0.2) is 0 Å². The van der Waals surface area contributed by atoms with Gasteiger partial charge >= 0.3 is 0 Å². The molecular weight excluding hydrogens is 392 g/mol. The molecule has 0 aromatic heterocycles. The van der Waals surface area contributed by atoms with Crippen LogP contribution in [-0.4, -0.2) is 41.9 Å². The first kappa shape index (κ1) is 23.7. The lowest BCUT2D eigenvalue weighted by Crippen LogP contribution is -2.34. The van der Waals surface area contributed by atoms with Crippen molar-refractivity contribution in [2.45, 2.75) is 39.0 Å². The normalized spacial score (nSPS) is 21.1. The molecule has 2 aliphatic heterocycles. The molecule has 2 heterocycles. The summed E-state index contributed by atoms with van der Waals surface area (Å²) < 4.78 is 0. The molecule has 0 bridgehead atoms. The highest BCUT2D eigenvalue weighted by atomic mass is 16.2. The van der Waals surface area contributed by atoms with Crippen LogP contribution in [0, 0.1) is 0 Å². The van der Waals surface area contributed by atoms with Gasteiger partial charge in [-0.25, -0.2) is 0 Å². The Bertz CT molecular complexity index is 941. The second-order valence-corrected chi connectivity index (χ2v) is 8.53. The molecule has 3 nitrogen and oxygen atoms in total. The SMILES string of the molecule is C=C/C=C1\C(=C/C)CCN1C(=O)C(/C=C\C)=C/C(=C)CN1CCC(c2ccccc2)CC1. The fourth-order valence-corrected chi connectivity index (χ4v) is 4.68. The maximum atomic E-state index is 13.4. The first-order valence-electron chi connectivity index (χ1n) is 11.7. The van der Waals surface area contributed by atoms with Crippen LogP contribution in [0.2, 0.25) is 0 Å². The Morgan fingerprint density at radius 2 is 1.84 bits per heavy atom. The molecule has 0 saturated carbocycles. The van der Waals surface area contributed by atoms with E-state index in [1.807, 2.05) is 43.1 Å². The lowest BCUT2D eigenvalue weighted by atomic mass is 9.89. The molecule has 3 rings (SSSR count). The molecule has 0 N–H and O–H groups in total. The van der Waals surface area contributed by atoms with Crippen LogP contribution in [0.25, 0.3) is 0 Å². The first-order chi connectivity index (χ1) is 15.6. The summed E-state index contributed by atoms with van der Waals surface area (Å²) in [5.41, 5.74) is 5.25. The molecule has 2 saturated heterocycles. The van der Waals surface area contributed by atoms with Crippen LogP contribution in [0.5, 0.6) is 0 Å². The van der Waals surface area contributed by atoms with E-state index in [4.69, 9.17) is 0 Å². The third-order valence-electron chi connectivity index (χ3n) is 6.33. The van der Waals surface area contributed by atoms with E-state index in [1.165, 1.54) is 11.1 Å². The second-order valence-electron chi connectivity index (χ2n) is 8.53. The van der Waals surface area contributed by atoms with Crippen LogP contribution in [0.1, 0.15) is 44.6 Å². The average Bonchev–Trinajstić information content (AvgIpc) is 3.22. The summed E-state index contributed by atoms with van der Waals surface area (Å²) in [6.07, 6.45) is 14.8. The van der Waals surface area contributed by atoms with Gasteiger partial charge in [0.2, 0.25) is 0 Å². The molecule has 32 heavy (non-hydrogen) atoms. The number of benzene rings is 1. The van der Waals surface area contributed by atoms with Gasteiger partial charge < -0.3 is 4.90 Å². The van der Waals surface area contributed by atoms with E-state index in [9.17, 15) is 4.79 Å². The van der Waals surface area contributed by atoms with E-state index in [0.717, 1.165) is 50.2 Å². The molecule has 0 spiro atoms. The highest BCUT2D eigenvalue weighted by Crippen LogP contribution is 2.30.